The van der Waals surface area contributed by atoms with Crippen LogP contribution in [0.15, 0.2) is 29.8 Å². The van der Waals surface area contributed by atoms with Gasteiger partial charge in [0, 0.05) is 18.8 Å². The number of benzene rings is 1. The fourth-order valence-corrected chi connectivity index (χ4v) is 2.16. The van der Waals surface area contributed by atoms with Crippen molar-refractivity contribution in [2.24, 2.45) is 0 Å². The number of amides is 1. The third kappa shape index (κ3) is 2.61. The van der Waals surface area contributed by atoms with Crippen molar-refractivity contribution in [1.82, 2.24) is 4.90 Å². The average molecular weight is 251 g/mol. The Bertz CT molecular complexity index is 482. The quantitative estimate of drug-likeness (QED) is 0.615. The summed E-state index contributed by atoms with van der Waals surface area (Å²) >= 11 is 6.03. The molecule has 90 valence electrons. The number of nitrogens with two attached hydrogens (primary N) is 1. The van der Waals surface area contributed by atoms with E-state index < -0.39 is 0 Å². The lowest BCUT2D eigenvalue weighted by Crippen LogP contribution is -2.35. The molecule has 0 unspecified atom stereocenters. The predicted octanol–water partition coefficient (Wildman–Crippen LogP) is 2.71. The topological polar surface area (TPSA) is 46.3 Å². The van der Waals surface area contributed by atoms with E-state index in [9.17, 15) is 4.79 Å². The summed E-state index contributed by atoms with van der Waals surface area (Å²) < 4.78 is 0. The van der Waals surface area contributed by atoms with E-state index >= 15 is 0 Å². The first-order valence-electron chi connectivity index (χ1n) is 5.58. The molecule has 1 aliphatic rings. The Morgan fingerprint density at radius 2 is 2.24 bits per heavy atom. The number of carbonyl (C=O) groups excluding carboxylic acids is 1. The summed E-state index contributed by atoms with van der Waals surface area (Å²) in [4.78, 5) is 14.1. The minimum absolute atomic E-state index is 0.0465. The van der Waals surface area contributed by atoms with Gasteiger partial charge in [0.1, 0.15) is 0 Å². The third-order valence-corrected chi connectivity index (χ3v) is 3.17. The molecule has 0 aromatic heterocycles. The number of carbonyl (C=O) groups is 1. The molecule has 2 N–H and O–H groups in total. The lowest BCUT2D eigenvalue weighted by atomic mass is 10.1. The molecule has 2 rings (SSSR count). The Morgan fingerprint density at radius 3 is 2.94 bits per heavy atom. The number of halogens is 1. The van der Waals surface area contributed by atoms with Crippen LogP contribution >= 0.6 is 11.6 Å². The molecule has 1 aliphatic heterocycles. The molecule has 0 spiro atoms. The molecule has 0 aliphatic carbocycles. The van der Waals surface area contributed by atoms with Crippen LogP contribution in [0.25, 0.3) is 0 Å². The number of nitrogen functional groups attached to an aromatic ring is 1. The Kier molecular flexibility index (Phi) is 3.38. The van der Waals surface area contributed by atoms with Crippen molar-refractivity contribution in [3.63, 3.8) is 0 Å². The lowest BCUT2D eigenvalue weighted by Gasteiger charge is -2.26. The molecule has 0 fully saturated rings. The number of nitrogens with zero attached hydrogens (tertiary/aromatic N) is 1. The van der Waals surface area contributed by atoms with Crippen LogP contribution in [-0.2, 0) is 0 Å². The summed E-state index contributed by atoms with van der Waals surface area (Å²) in [6.45, 7) is 3.44. The van der Waals surface area contributed by atoms with Gasteiger partial charge in [-0.25, -0.2) is 0 Å². The monoisotopic (exact) mass is 250 g/mol. The van der Waals surface area contributed by atoms with Crippen molar-refractivity contribution >= 4 is 23.2 Å². The van der Waals surface area contributed by atoms with Gasteiger partial charge >= 0.3 is 0 Å². The van der Waals surface area contributed by atoms with Crippen LogP contribution in [0.3, 0.4) is 0 Å². The molecule has 3 nitrogen and oxygen atoms in total. The minimum atomic E-state index is -0.0465. The van der Waals surface area contributed by atoms with Gasteiger partial charge in [-0.1, -0.05) is 23.3 Å². The zero-order valence-electron chi connectivity index (χ0n) is 9.74. The Balaban J connectivity index is 2.25. The Morgan fingerprint density at radius 1 is 1.47 bits per heavy atom. The molecule has 1 heterocycles. The second-order valence-electron chi connectivity index (χ2n) is 4.31. The van der Waals surface area contributed by atoms with E-state index in [4.69, 9.17) is 17.3 Å². The first-order chi connectivity index (χ1) is 8.08. The van der Waals surface area contributed by atoms with E-state index in [1.165, 1.54) is 5.57 Å². The van der Waals surface area contributed by atoms with E-state index in [0.717, 1.165) is 13.0 Å². The van der Waals surface area contributed by atoms with Crippen molar-refractivity contribution in [2.45, 2.75) is 13.3 Å². The van der Waals surface area contributed by atoms with Crippen LogP contribution in [0.5, 0.6) is 0 Å². The summed E-state index contributed by atoms with van der Waals surface area (Å²) in [5, 5.41) is 0.455. The van der Waals surface area contributed by atoms with Crippen molar-refractivity contribution < 1.29 is 4.79 Å². The Hall–Kier alpha value is -1.48. The summed E-state index contributed by atoms with van der Waals surface area (Å²) in [5.41, 5.74) is 7.94. The number of anilines is 1. The minimum Gasteiger partial charge on any atom is -0.399 e. The maximum Gasteiger partial charge on any atom is 0.255 e. The van der Waals surface area contributed by atoms with Gasteiger partial charge in [0.05, 0.1) is 10.6 Å². The molecule has 0 radical (unpaired) electrons. The van der Waals surface area contributed by atoms with Gasteiger partial charge in [-0.15, -0.1) is 0 Å². The molecule has 17 heavy (non-hydrogen) atoms. The largest absolute Gasteiger partial charge is 0.399 e. The molecular weight excluding hydrogens is 236 g/mol. The first kappa shape index (κ1) is 12.0. The smallest absolute Gasteiger partial charge is 0.255 e. The maximum absolute atomic E-state index is 12.3. The molecule has 1 amide bonds. The highest BCUT2D eigenvalue weighted by atomic mass is 35.5. The van der Waals surface area contributed by atoms with Crippen LogP contribution in [0.4, 0.5) is 5.69 Å². The van der Waals surface area contributed by atoms with Crippen LogP contribution in [0.2, 0.25) is 5.02 Å². The van der Waals surface area contributed by atoms with Gasteiger partial charge in [-0.05, 0) is 31.5 Å². The summed E-state index contributed by atoms with van der Waals surface area (Å²) in [7, 11) is 0. The van der Waals surface area contributed by atoms with Crippen molar-refractivity contribution in [3.05, 3.63) is 40.4 Å². The van der Waals surface area contributed by atoms with Gasteiger partial charge in [-0.3, -0.25) is 4.79 Å². The zero-order chi connectivity index (χ0) is 12.4. The van der Waals surface area contributed by atoms with Gasteiger partial charge in [0.2, 0.25) is 0 Å². The second-order valence-corrected chi connectivity index (χ2v) is 4.71. The van der Waals surface area contributed by atoms with Crippen molar-refractivity contribution in [1.29, 1.82) is 0 Å². The molecule has 1 aromatic rings. The number of hydrogen-bond donors (Lipinski definition) is 1. The predicted molar refractivity (Wildman–Crippen MR) is 70.1 cm³/mol. The SMILES string of the molecule is CC1=CCCN(C(=O)c2cc(N)ccc2Cl)C1. The summed E-state index contributed by atoms with van der Waals surface area (Å²) in [6, 6.07) is 5.00. The molecule has 0 saturated carbocycles. The van der Waals surface area contributed by atoms with Gasteiger partial charge in [0.15, 0.2) is 0 Å². The van der Waals surface area contributed by atoms with Crippen LogP contribution in [0.1, 0.15) is 23.7 Å². The van der Waals surface area contributed by atoms with E-state index in [0.29, 0.717) is 22.8 Å². The Labute approximate surface area is 106 Å². The molecular formula is C13H15ClN2O. The lowest BCUT2D eigenvalue weighted by molar-refractivity contribution is 0.0766. The highest BCUT2D eigenvalue weighted by molar-refractivity contribution is 6.34. The molecule has 0 bridgehead atoms. The molecule has 0 saturated heterocycles. The fourth-order valence-electron chi connectivity index (χ4n) is 1.96. The van der Waals surface area contributed by atoms with Crippen LogP contribution in [-0.4, -0.2) is 23.9 Å². The molecule has 0 atom stereocenters. The van der Waals surface area contributed by atoms with E-state index in [1.54, 1.807) is 23.1 Å². The van der Waals surface area contributed by atoms with E-state index in [-0.39, 0.29) is 5.91 Å². The number of rotatable bonds is 1. The summed E-state index contributed by atoms with van der Waals surface area (Å²) in [5.74, 6) is -0.0465. The van der Waals surface area contributed by atoms with E-state index in [1.807, 2.05) is 6.92 Å². The van der Waals surface area contributed by atoms with Crippen LogP contribution < -0.4 is 5.73 Å². The standard InChI is InChI=1S/C13H15ClN2O/c1-9-3-2-6-16(8-9)13(17)11-7-10(15)4-5-12(11)14/h3-5,7H,2,6,8,15H2,1H3. The maximum atomic E-state index is 12.3. The molecule has 1 aromatic carbocycles. The third-order valence-electron chi connectivity index (χ3n) is 2.84. The zero-order valence-corrected chi connectivity index (χ0v) is 10.5. The summed E-state index contributed by atoms with van der Waals surface area (Å²) in [6.07, 6.45) is 3.06. The fraction of sp³-hybridized carbons (Fsp3) is 0.308. The van der Waals surface area contributed by atoms with E-state index in [2.05, 4.69) is 6.08 Å². The van der Waals surface area contributed by atoms with Crippen LogP contribution in [0, 0.1) is 0 Å². The van der Waals surface area contributed by atoms with Crippen molar-refractivity contribution in [3.8, 4) is 0 Å². The highest BCUT2D eigenvalue weighted by Crippen LogP contribution is 2.22. The first-order valence-corrected chi connectivity index (χ1v) is 5.95. The number of hydrogen-bond acceptors (Lipinski definition) is 2. The van der Waals surface area contributed by atoms with Crippen molar-refractivity contribution in [2.75, 3.05) is 18.8 Å². The second kappa shape index (κ2) is 4.80. The van der Waals surface area contributed by atoms with Gasteiger partial charge in [0.25, 0.3) is 5.91 Å². The van der Waals surface area contributed by atoms with Gasteiger partial charge < -0.3 is 10.6 Å². The highest BCUT2D eigenvalue weighted by Gasteiger charge is 2.20. The average Bonchev–Trinajstić information content (AvgIpc) is 2.31. The van der Waals surface area contributed by atoms with Gasteiger partial charge in [-0.2, -0.15) is 0 Å². The normalized spacial score (nSPS) is 15.6. The molecule has 4 heteroatoms.